The summed E-state index contributed by atoms with van der Waals surface area (Å²) in [5.74, 6) is 0.438. The number of anilines is 1. The summed E-state index contributed by atoms with van der Waals surface area (Å²) in [6, 6.07) is 3.21. The lowest BCUT2D eigenvalue weighted by Gasteiger charge is -2.41. The molecule has 1 aliphatic rings. The molecular weight excluding hydrogens is 244 g/mol. The number of nitrogens with zero attached hydrogens (tertiary/aromatic N) is 3. The average molecular weight is 260 g/mol. The predicted molar refractivity (Wildman–Crippen MR) is 70.7 cm³/mol. The van der Waals surface area contributed by atoms with E-state index in [0.717, 1.165) is 13.0 Å². The minimum atomic E-state index is -0.545. The average Bonchev–Trinajstić information content (AvgIpc) is 2.37. The first-order valence-electron chi connectivity index (χ1n) is 6.39. The molecule has 1 aromatic heterocycles. The van der Waals surface area contributed by atoms with Crippen LogP contribution in [0.25, 0.3) is 0 Å². The number of aromatic nitrogens is 1. The quantitative estimate of drug-likeness (QED) is 0.649. The summed E-state index contributed by atoms with van der Waals surface area (Å²) >= 11 is 0. The van der Waals surface area contributed by atoms with Crippen LogP contribution in [0.5, 0.6) is 0 Å². The highest BCUT2D eigenvalue weighted by Crippen LogP contribution is 2.43. The summed E-state index contributed by atoms with van der Waals surface area (Å²) in [5, 5.41) is 22.8. The lowest BCUT2D eigenvalue weighted by atomic mass is 9.67. The van der Waals surface area contributed by atoms with Crippen LogP contribution in [0.4, 0.5) is 11.5 Å². The molecule has 6 nitrogen and oxygen atoms in total. The SMILES string of the molecule is CCC1(CNc2ncc([N+](=O)[O-])cc2C#N)CCC1. The van der Waals surface area contributed by atoms with Crippen molar-refractivity contribution in [3.8, 4) is 6.07 Å². The third-order valence-corrected chi connectivity index (χ3v) is 4.00. The number of rotatable bonds is 5. The largest absolute Gasteiger partial charge is 0.368 e. The number of nitrogens with one attached hydrogen (secondary N) is 1. The van der Waals surface area contributed by atoms with E-state index in [1.165, 1.54) is 31.5 Å². The van der Waals surface area contributed by atoms with E-state index in [1.54, 1.807) is 0 Å². The van der Waals surface area contributed by atoms with E-state index in [-0.39, 0.29) is 11.3 Å². The molecule has 0 aromatic carbocycles. The molecule has 2 rings (SSSR count). The van der Waals surface area contributed by atoms with Crippen molar-refractivity contribution in [3.05, 3.63) is 27.9 Å². The van der Waals surface area contributed by atoms with Gasteiger partial charge in [-0.2, -0.15) is 5.26 Å². The van der Waals surface area contributed by atoms with Crippen LogP contribution in [0, 0.1) is 26.9 Å². The molecule has 0 spiro atoms. The molecule has 1 N–H and O–H groups in total. The first-order valence-corrected chi connectivity index (χ1v) is 6.39. The van der Waals surface area contributed by atoms with Gasteiger partial charge >= 0.3 is 0 Å². The second kappa shape index (κ2) is 5.22. The minimum Gasteiger partial charge on any atom is -0.368 e. The normalized spacial score (nSPS) is 16.2. The topological polar surface area (TPSA) is 91.8 Å². The Hall–Kier alpha value is -2.16. The van der Waals surface area contributed by atoms with Crippen molar-refractivity contribution in [3.63, 3.8) is 0 Å². The van der Waals surface area contributed by atoms with Gasteiger partial charge < -0.3 is 5.32 Å². The number of hydrogen-bond donors (Lipinski definition) is 1. The fraction of sp³-hybridized carbons (Fsp3) is 0.538. The third-order valence-electron chi connectivity index (χ3n) is 4.00. The summed E-state index contributed by atoms with van der Waals surface area (Å²) in [7, 11) is 0. The van der Waals surface area contributed by atoms with Crippen LogP contribution in [-0.4, -0.2) is 16.5 Å². The van der Waals surface area contributed by atoms with Crippen molar-refractivity contribution in [2.75, 3.05) is 11.9 Å². The van der Waals surface area contributed by atoms with E-state index in [0.29, 0.717) is 11.2 Å². The number of hydrogen-bond acceptors (Lipinski definition) is 5. The van der Waals surface area contributed by atoms with Crippen LogP contribution < -0.4 is 5.32 Å². The van der Waals surface area contributed by atoms with Gasteiger partial charge in [-0.3, -0.25) is 10.1 Å². The molecule has 1 heterocycles. The zero-order valence-electron chi connectivity index (χ0n) is 10.8. The Morgan fingerprint density at radius 3 is 2.84 bits per heavy atom. The van der Waals surface area contributed by atoms with E-state index >= 15 is 0 Å². The van der Waals surface area contributed by atoms with E-state index in [4.69, 9.17) is 5.26 Å². The zero-order valence-corrected chi connectivity index (χ0v) is 10.8. The van der Waals surface area contributed by atoms with Crippen molar-refractivity contribution < 1.29 is 4.92 Å². The maximum Gasteiger partial charge on any atom is 0.289 e. The minimum absolute atomic E-state index is 0.157. The van der Waals surface area contributed by atoms with Crippen LogP contribution in [0.1, 0.15) is 38.2 Å². The van der Waals surface area contributed by atoms with E-state index in [2.05, 4.69) is 17.2 Å². The van der Waals surface area contributed by atoms with Crippen molar-refractivity contribution in [2.45, 2.75) is 32.6 Å². The molecule has 1 aliphatic carbocycles. The molecule has 0 radical (unpaired) electrons. The number of nitro groups is 1. The Kier molecular flexibility index (Phi) is 3.65. The van der Waals surface area contributed by atoms with Gasteiger partial charge in [0.25, 0.3) is 5.69 Å². The molecule has 1 aromatic rings. The Bertz CT molecular complexity index is 526. The summed E-state index contributed by atoms with van der Waals surface area (Å²) in [6.07, 6.45) is 5.89. The Balaban J connectivity index is 2.12. The highest BCUT2D eigenvalue weighted by molar-refractivity contribution is 5.55. The lowest BCUT2D eigenvalue weighted by Crippen LogP contribution is -2.36. The summed E-state index contributed by atoms with van der Waals surface area (Å²) in [5.41, 5.74) is 0.367. The molecule has 6 heteroatoms. The van der Waals surface area contributed by atoms with Crippen molar-refractivity contribution in [1.82, 2.24) is 4.98 Å². The molecule has 0 aliphatic heterocycles. The fourth-order valence-electron chi connectivity index (χ4n) is 2.38. The molecule has 0 saturated heterocycles. The molecule has 19 heavy (non-hydrogen) atoms. The van der Waals surface area contributed by atoms with Crippen molar-refractivity contribution in [2.24, 2.45) is 5.41 Å². The van der Waals surface area contributed by atoms with Crippen LogP contribution in [0.3, 0.4) is 0 Å². The molecule has 0 amide bonds. The van der Waals surface area contributed by atoms with Crippen LogP contribution in [-0.2, 0) is 0 Å². The van der Waals surface area contributed by atoms with E-state index in [1.807, 2.05) is 6.07 Å². The highest BCUT2D eigenvalue weighted by Gasteiger charge is 2.34. The molecular formula is C13H16N4O2. The van der Waals surface area contributed by atoms with Crippen LogP contribution >= 0.6 is 0 Å². The molecule has 0 atom stereocenters. The van der Waals surface area contributed by atoms with E-state index in [9.17, 15) is 10.1 Å². The van der Waals surface area contributed by atoms with Gasteiger partial charge in [-0.15, -0.1) is 0 Å². The van der Waals surface area contributed by atoms with Gasteiger partial charge in [-0.25, -0.2) is 4.98 Å². The summed E-state index contributed by atoms with van der Waals surface area (Å²) < 4.78 is 0. The Morgan fingerprint density at radius 2 is 2.37 bits per heavy atom. The monoisotopic (exact) mass is 260 g/mol. The standard InChI is InChI=1S/C13H16N4O2/c1-2-13(4-3-5-13)9-16-12-10(7-14)6-11(8-15-12)17(18)19/h6,8H,2-5,9H2,1H3,(H,15,16). The third kappa shape index (κ3) is 2.65. The van der Waals surface area contributed by atoms with E-state index < -0.39 is 4.92 Å². The molecule has 0 bridgehead atoms. The summed E-state index contributed by atoms with van der Waals surface area (Å²) in [6.45, 7) is 2.93. The number of pyridine rings is 1. The van der Waals surface area contributed by atoms with Gasteiger partial charge in [0.05, 0.1) is 4.92 Å². The highest BCUT2D eigenvalue weighted by atomic mass is 16.6. The van der Waals surface area contributed by atoms with Crippen molar-refractivity contribution >= 4 is 11.5 Å². The smallest absolute Gasteiger partial charge is 0.289 e. The van der Waals surface area contributed by atoms with Gasteiger partial charge in [-0.1, -0.05) is 13.3 Å². The first-order chi connectivity index (χ1) is 9.10. The molecule has 0 unspecified atom stereocenters. The van der Waals surface area contributed by atoms with Gasteiger partial charge in [-0.05, 0) is 24.7 Å². The first kappa shape index (κ1) is 13.3. The van der Waals surface area contributed by atoms with Gasteiger partial charge in [0.1, 0.15) is 23.6 Å². The second-order valence-corrected chi connectivity index (χ2v) is 5.02. The Labute approximate surface area is 111 Å². The molecule has 1 fully saturated rings. The maximum absolute atomic E-state index is 10.6. The van der Waals surface area contributed by atoms with Crippen LogP contribution in [0.15, 0.2) is 12.3 Å². The van der Waals surface area contributed by atoms with Crippen molar-refractivity contribution in [1.29, 1.82) is 5.26 Å². The van der Waals surface area contributed by atoms with Gasteiger partial charge in [0, 0.05) is 12.6 Å². The van der Waals surface area contributed by atoms with Gasteiger partial charge in [0.2, 0.25) is 0 Å². The molecule has 100 valence electrons. The Morgan fingerprint density at radius 1 is 1.63 bits per heavy atom. The zero-order chi connectivity index (χ0) is 13.9. The van der Waals surface area contributed by atoms with Crippen LogP contribution in [0.2, 0.25) is 0 Å². The summed E-state index contributed by atoms with van der Waals surface area (Å²) in [4.78, 5) is 14.1. The fourth-order valence-corrected chi connectivity index (χ4v) is 2.38. The predicted octanol–water partition coefficient (Wildman–Crippen LogP) is 2.85. The maximum atomic E-state index is 10.6. The molecule has 1 saturated carbocycles. The van der Waals surface area contributed by atoms with Gasteiger partial charge in [0.15, 0.2) is 0 Å². The number of nitriles is 1. The lowest BCUT2D eigenvalue weighted by molar-refractivity contribution is -0.385. The second-order valence-electron chi connectivity index (χ2n) is 5.02.